The Morgan fingerprint density at radius 1 is 1.11 bits per heavy atom. The third kappa shape index (κ3) is 3.94. The Balaban J connectivity index is 1.44. The van der Waals surface area contributed by atoms with E-state index in [4.69, 9.17) is 0 Å². The van der Waals surface area contributed by atoms with Crippen molar-refractivity contribution in [2.24, 2.45) is 0 Å². The molecule has 1 aromatic carbocycles. The number of amides is 1. The van der Waals surface area contributed by atoms with Gasteiger partial charge in [0.25, 0.3) is 5.91 Å². The Bertz CT molecular complexity index is 948. The standard InChI is InChI=1S/C23H24N4O/c1-26(2)14-17-8-9-22(25-12-17)18-5-3-6-19(11-18)23(28)27-15-21(16-27)20-7-4-10-24-13-20/h3-13,21H,14-16H2,1-2H3. The van der Waals surface area contributed by atoms with Crippen LogP contribution in [0.3, 0.4) is 0 Å². The highest BCUT2D eigenvalue weighted by Crippen LogP contribution is 2.28. The van der Waals surface area contributed by atoms with Crippen LogP contribution < -0.4 is 0 Å². The van der Waals surface area contributed by atoms with Crippen LogP contribution in [-0.4, -0.2) is 52.9 Å². The molecule has 0 N–H and O–H groups in total. The molecule has 0 spiro atoms. The molecule has 0 unspecified atom stereocenters. The Kier molecular flexibility index (Phi) is 5.17. The first-order chi connectivity index (χ1) is 13.6. The molecule has 0 atom stereocenters. The Labute approximate surface area is 165 Å². The lowest BCUT2D eigenvalue weighted by Gasteiger charge is -2.39. The first-order valence-electron chi connectivity index (χ1n) is 9.49. The molecule has 1 aliphatic rings. The van der Waals surface area contributed by atoms with E-state index < -0.39 is 0 Å². The number of likely N-dealkylation sites (tertiary alicyclic amines) is 1. The van der Waals surface area contributed by atoms with Gasteiger partial charge in [-0.1, -0.05) is 24.3 Å². The largest absolute Gasteiger partial charge is 0.337 e. The lowest BCUT2D eigenvalue weighted by Crippen LogP contribution is -2.48. The van der Waals surface area contributed by atoms with Crippen LogP contribution in [0.25, 0.3) is 11.3 Å². The predicted octanol–water partition coefficient (Wildman–Crippen LogP) is 3.44. The third-order valence-electron chi connectivity index (χ3n) is 5.05. The van der Waals surface area contributed by atoms with E-state index in [1.807, 2.05) is 67.8 Å². The molecule has 142 valence electrons. The lowest BCUT2D eigenvalue weighted by atomic mass is 9.92. The number of pyridine rings is 2. The minimum Gasteiger partial charge on any atom is -0.337 e. The van der Waals surface area contributed by atoms with Gasteiger partial charge in [-0.15, -0.1) is 0 Å². The average molecular weight is 372 g/mol. The van der Waals surface area contributed by atoms with Gasteiger partial charge in [0, 0.05) is 55.3 Å². The van der Waals surface area contributed by atoms with E-state index in [0.29, 0.717) is 11.5 Å². The number of carbonyl (C=O) groups is 1. The molecular weight excluding hydrogens is 348 g/mol. The molecular formula is C23H24N4O. The van der Waals surface area contributed by atoms with Crippen LogP contribution in [0.15, 0.2) is 67.1 Å². The highest BCUT2D eigenvalue weighted by molar-refractivity contribution is 5.96. The van der Waals surface area contributed by atoms with Crippen molar-refractivity contribution in [3.63, 3.8) is 0 Å². The molecule has 1 fully saturated rings. The number of benzene rings is 1. The zero-order valence-corrected chi connectivity index (χ0v) is 16.2. The maximum Gasteiger partial charge on any atom is 0.253 e. The first kappa shape index (κ1) is 18.3. The highest BCUT2D eigenvalue weighted by Gasteiger charge is 2.32. The molecule has 0 bridgehead atoms. The highest BCUT2D eigenvalue weighted by atomic mass is 16.2. The summed E-state index contributed by atoms with van der Waals surface area (Å²) in [7, 11) is 4.08. The van der Waals surface area contributed by atoms with E-state index in [-0.39, 0.29) is 5.91 Å². The second-order valence-electron chi connectivity index (χ2n) is 7.56. The van der Waals surface area contributed by atoms with Crippen LogP contribution in [0.4, 0.5) is 0 Å². The van der Waals surface area contributed by atoms with Crippen molar-refractivity contribution in [2.75, 3.05) is 27.2 Å². The molecule has 3 aromatic rings. The van der Waals surface area contributed by atoms with Gasteiger partial charge in [-0.25, -0.2) is 0 Å². The molecule has 0 radical (unpaired) electrons. The summed E-state index contributed by atoms with van der Waals surface area (Å²) in [5.41, 5.74) is 4.92. The number of aromatic nitrogens is 2. The summed E-state index contributed by atoms with van der Waals surface area (Å²) in [6, 6.07) is 15.9. The fourth-order valence-corrected chi connectivity index (χ4v) is 3.52. The molecule has 2 aromatic heterocycles. The number of hydrogen-bond donors (Lipinski definition) is 0. The maximum absolute atomic E-state index is 12.8. The Morgan fingerprint density at radius 2 is 1.96 bits per heavy atom. The summed E-state index contributed by atoms with van der Waals surface area (Å²) in [4.78, 5) is 25.6. The molecule has 0 aliphatic carbocycles. The van der Waals surface area contributed by atoms with Gasteiger partial charge in [0.05, 0.1) is 5.69 Å². The van der Waals surface area contributed by atoms with Crippen LogP contribution >= 0.6 is 0 Å². The van der Waals surface area contributed by atoms with Crippen LogP contribution in [0.2, 0.25) is 0 Å². The van der Waals surface area contributed by atoms with Crippen molar-refractivity contribution in [1.82, 2.24) is 19.8 Å². The summed E-state index contributed by atoms with van der Waals surface area (Å²) in [6.45, 7) is 2.34. The summed E-state index contributed by atoms with van der Waals surface area (Å²) in [6.07, 6.45) is 5.56. The van der Waals surface area contributed by atoms with Gasteiger partial charge in [-0.2, -0.15) is 0 Å². The van der Waals surface area contributed by atoms with E-state index in [2.05, 4.69) is 27.0 Å². The molecule has 28 heavy (non-hydrogen) atoms. The van der Waals surface area contributed by atoms with Gasteiger partial charge in [-0.05, 0) is 49.5 Å². The van der Waals surface area contributed by atoms with E-state index in [1.54, 1.807) is 6.20 Å². The molecule has 1 amide bonds. The fourth-order valence-electron chi connectivity index (χ4n) is 3.52. The minimum atomic E-state index is 0.0752. The van der Waals surface area contributed by atoms with E-state index in [0.717, 1.165) is 30.9 Å². The van der Waals surface area contributed by atoms with Crippen molar-refractivity contribution < 1.29 is 4.79 Å². The predicted molar refractivity (Wildman–Crippen MR) is 110 cm³/mol. The Hall–Kier alpha value is -3.05. The molecule has 4 rings (SSSR count). The molecule has 5 nitrogen and oxygen atoms in total. The van der Waals surface area contributed by atoms with E-state index >= 15 is 0 Å². The van der Waals surface area contributed by atoms with Crippen LogP contribution in [-0.2, 0) is 6.54 Å². The second kappa shape index (κ2) is 7.90. The van der Waals surface area contributed by atoms with Crippen molar-refractivity contribution in [3.8, 4) is 11.3 Å². The second-order valence-corrected chi connectivity index (χ2v) is 7.56. The SMILES string of the molecule is CN(C)Cc1ccc(-c2cccc(C(=O)N3CC(c4cccnc4)C3)c2)nc1. The quantitative estimate of drug-likeness (QED) is 0.688. The van der Waals surface area contributed by atoms with Gasteiger partial charge < -0.3 is 9.80 Å². The molecule has 1 saturated heterocycles. The van der Waals surface area contributed by atoms with Crippen LogP contribution in [0.5, 0.6) is 0 Å². The van der Waals surface area contributed by atoms with Gasteiger partial charge in [-0.3, -0.25) is 14.8 Å². The number of hydrogen-bond acceptors (Lipinski definition) is 4. The zero-order chi connectivity index (χ0) is 19.5. The summed E-state index contributed by atoms with van der Waals surface area (Å²) in [5.74, 6) is 0.456. The minimum absolute atomic E-state index is 0.0752. The Morgan fingerprint density at radius 3 is 2.64 bits per heavy atom. The van der Waals surface area contributed by atoms with Crippen LogP contribution in [0.1, 0.15) is 27.4 Å². The summed E-state index contributed by atoms with van der Waals surface area (Å²) >= 11 is 0. The van der Waals surface area contributed by atoms with Crippen molar-refractivity contribution >= 4 is 5.91 Å². The smallest absolute Gasteiger partial charge is 0.253 e. The fraction of sp³-hybridized carbons (Fsp3) is 0.261. The van der Waals surface area contributed by atoms with Gasteiger partial charge in [0.15, 0.2) is 0 Å². The van der Waals surface area contributed by atoms with Crippen molar-refractivity contribution in [3.05, 3.63) is 83.8 Å². The van der Waals surface area contributed by atoms with Gasteiger partial charge in [0.2, 0.25) is 0 Å². The first-order valence-corrected chi connectivity index (χ1v) is 9.49. The summed E-state index contributed by atoms with van der Waals surface area (Å²) < 4.78 is 0. The summed E-state index contributed by atoms with van der Waals surface area (Å²) in [5, 5.41) is 0. The molecule has 5 heteroatoms. The molecule has 3 heterocycles. The van der Waals surface area contributed by atoms with E-state index in [9.17, 15) is 4.79 Å². The number of carbonyl (C=O) groups excluding carboxylic acids is 1. The van der Waals surface area contributed by atoms with Crippen LogP contribution in [0, 0.1) is 0 Å². The maximum atomic E-state index is 12.8. The number of nitrogens with zero attached hydrogens (tertiary/aromatic N) is 4. The monoisotopic (exact) mass is 372 g/mol. The zero-order valence-electron chi connectivity index (χ0n) is 16.2. The van der Waals surface area contributed by atoms with Crippen molar-refractivity contribution in [2.45, 2.75) is 12.5 Å². The van der Waals surface area contributed by atoms with Gasteiger partial charge >= 0.3 is 0 Å². The number of rotatable bonds is 5. The average Bonchev–Trinajstić information content (AvgIpc) is 2.68. The van der Waals surface area contributed by atoms with Crippen molar-refractivity contribution in [1.29, 1.82) is 0 Å². The van der Waals surface area contributed by atoms with E-state index in [1.165, 1.54) is 11.1 Å². The topological polar surface area (TPSA) is 49.3 Å². The third-order valence-corrected chi connectivity index (χ3v) is 5.05. The van der Waals surface area contributed by atoms with Gasteiger partial charge in [0.1, 0.15) is 0 Å². The normalized spacial score (nSPS) is 14.2. The molecule has 0 saturated carbocycles. The lowest BCUT2D eigenvalue weighted by molar-refractivity contribution is 0.0602. The molecule has 1 aliphatic heterocycles.